The Labute approximate surface area is 354 Å². The van der Waals surface area contributed by atoms with Crippen LogP contribution in [0.5, 0.6) is 0 Å². The van der Waals surface area contributed by atoms with Crippen LogP contribution >= 0.6 is 0 Å². The quantitative estimate of drug-likeness (QED) is 0.0889. The number of alkyl halides is 6. The lowest BCUT2D eigenvalue weighted by Gasteiger charge is -2.18. The third-order valence-corrected chi connectivity index (χ3v) is 10.9. The molecule has 0 aromatic heterocycles. The lowest BCUT2D eigenvalue weighted by Crippen LogP contribution is -2.08. The summed E-state index contributed by atoms with van der Waals surface area (Å²) in [6.45, 7) is 28.6. The van der Waals surface area contributed by atoms with Crippen molar-refractivity contribution in [3.63, 3.8) is 0 Å². The number of nitrogens with zero attached hydrogens (tertiary/aromatic N) is 6. The SMILES string of the molecule is [C-]#[N+]/C(=C1/C(F)c2c(c3c(c4c2C(F)/C(=C(\C#N)c2c(F)c(F)c([N+]#[C-])c(F)c2F)C4F)C(F)/C(=C(\[N+]#[C-])c2c(F)c(F)c([N+]#[C-])c(F)c2F)C3F)C1F)c1c(F)c(F)c(C#N)c(F)c1F. The Morgan fingerprint density at radius 3 is 0.879 bits per heavy atom. The van der Waals surface area contributed by atoms with Crippen molar-refractivity contribution in [2.75, 3.05) is 0 Å². The molecule has 0 spiro atoms. The van der Waals surface area contributed by atoms with E-state index in [0.29, 0.717) is 0 Å². The Hall–Kier alpha value is -8.22. The van der Waals surface area contributed by atoms with Gasteiger partial charge >= 0.3 is 0 Å². The molecule has 0 saturated heterocycles. The molecule has 4 aromatic carbocycles. The van der Waals surface area contributed by atoms with E-state index in [1.165, 1.54) is 0 Å². The molecule has 0 aliphatic heterocycles. The highest BCUT2D eigenvalue weighted by Crippen LogP contribution is 2.67. The molecular weight excluding hydrogens is 930 g/mol. The Bertz CT molecular complexity index is 2850. The van der Waals surface area contributed by atoms with E-state index in [1.807, 2.05) is 0 Å². The molecular formula is C42H6F18N6. The number of fused-ring (bicyclic) bond motifs is 6. The summed E-state index contributed by atoms with van der Waals surface area (Å²) in [7, 11) is 0. The molecule has 6 nitrogen and oxygen atoms in total. The molecule has 3 aliphatic carbocycles. The molecule has 4 aromatic rings. The number of hydrogen-bond acceptors (Lipinski definition) is 2. The van der Waals surface area contributed by atoms with Gasteiger partial charge in [-0.1, -0.05) is 0 Å². The van der Waals surface area contributed by atoms with Crippen LogP contribution in [0, 0.1) is 119 Å². The normalized spacial score (nSPS) is 22.5. The molecule has 66 heavy (non-hydrogen) atoms. The molecule has 0 fully saturated rings. The van der Waals surface area contributed by atoms with Crippen molar-refractivity contribution in [2.45, 2.75) is 37.0 Å². The summed E-state index contributed by atoms with van der Waals surface area (Å²) in [5.74, 6) is -31.5. The largest absolute Gasteiger partial charge is 0.262 e. The fourth-order valence-electron chi connectivity index (χ4n) is 8.16. The summed E-state index contributed by atoms with van der Waals surface area (Å²) in [6, 6.07) is 1.53. The maximum atomic E-state index is 17.1. The highest BCUT2D eigenvalue weighted by atomic mass is 19.2. The summed E-state index contributed by atoms with van der Waals surface area (Å²) in [5, 5.41) is 18.9. The maximum Gasteiger partial charge on any atom is 0.262 e. The van der Waals surface area contributed by atoms with Crippen molar-refractivity contribution in [1.82, 2.24) is 0 Å². The molecule has 0 N–H and O–H groups in total. The molecule has 6 atom stereocenters. The Morgan fingerprint density at radius 1 is 0.379 bits per heavy atom. The molecule has 24 heteroatoms. The Morgan fingerprint density at radius 2 is 0.636 bits per heavy atom. The van der Waals surface area contributed by atoms with Crippen LogP contribution in [0.1, 0.15) is 92.7 Å². The molecule has 6 unspecified atom stereocenters. The molecule has 330 valence electrons. The van der Waals surface area contributed by atoms with Crippen LogP contribution in [-0.4, -0.2) is 0 Å². The topological polar surface area (TPSA) is 65.0 Å². The van der Waals surface area contributed by atoms with Gasteiger partial charge in [0, 0.05) is 50.1 Å². The van der Waals surface area contributed by atoms with Crippen LogP contribution in [0.3, 0.4) is 0 Å². The minimum absolute atomic E-state index is 0.720. The number of nitriles is 2. The Kier molecular flexibility index (Phi) is 11.0. The zero-order valence-electron chi connectivity index (χ0n) is 31.0. The second kappa shape index (κ2) is 15.8. The summed E-state index contributed by atoms with van der Waals surface area (Å²) >= 11 is 0. The summed E-state index contributed by atoms with van der Waals surface area (Å²) in [4.78, 5) is 9.42. The van der Waals surface area contributed by atoms with Gasteiger partial charge in [0.25, 0.3) is 11.4 Å². The van der Waals surface area contributed by atoms with E-state index in [2.05, 4.69) is 19.4 Å². The van der Waals surface area contributed by atoms with Crippen molar-refractivity contribution in [2.24, 2.45) is 0 Å². The summed E-state index contributed by atoms with van der Waals surface area (Å²) < 4.78 is 283. The molecule has 0 saturated carbocycles. The third kappa shape index (κ3) is 5.67. The monoisotopic (exact) mass is 936 g/mol. The van der Waals surface area contributed by atoms with Gasteiger partial charge in [-0.2, -0.15) is 10.5 Å². The van der Waals surface area contributed by atoms with Crippen LogP contribution in [0.25, 0.3) is 36.3 Å². The van der Waals surface area contributed by atoms with E-state index >= 15 is 52.7 Å². The van der Waals surface area contributed by atoms with E-state index in [9.17, 15) is 31.6 Å². The highest BCUT2D eigenvalue weighted by molar-refractivity contribution is 5.88. The highest BCUT2D eigenvalue weighted by Gasteiger charge is 2.57. The molecule has 0 heterocycles. The first-order valence-corrected chi connectivity index (χ1v) is 17.3. The number of benzene rings is 4. The predicted octanol–water partition coefficient (Wildman–Crippen LogP) is 14.1. The molecule has 7 rings (SSSR count). The van der Waals surface area contributed by atoms with E-state index in [0.717, 1.165) is 12.1 Å². The lowest BCUT2D eigenvalue weighted by atomic mass is 9.88. The molecule has 0 bridgehead atoms. The lowest BCUT2D eigenvalue weighted by molar-refractivity contribution is 0.331. The van der Waals surface area contributed by atoms with Gasteiger partial charge in [0.05, 0.1) is 48.6 Å². The minimum atomic E-state index is -3.77. The number of allylic oxidation sites excluding steroid dienone is 4. The maximum absolute atomic E-state index is 17.1. The molecule has 0 radical (unpaired) electrons. The second-order valence-corrected chi connectivity index (χ2v) is 13.7. The molecule has 0 amide bonds. The van der Waals surface area contributed by atoms with Crippen LogP contribution in [0.15, 0.2) is 16.7 Å². The minimum Gasteiger partial charge on any atom is -0.239 e. The van der Waals surface area contributed by atoms with Gasteiger partial charge in [-0.3, -0.25) is 0 Å². The standard InChI is InChI=1S/C42H6F18N6/c1-63-39(19-31(53)21(43)8(6-62)22(44)32(19)54)17-25(47)13-11-12(24(46)9(23(11)45)7(5-61)10-29(51)35(57)41(65-3)36(58)30(10)52)14-16(15(13)27(17)49)28(50)18(26(14)48)40(64-2)20-33(55)37(59)42(66-4)38(60)34(20)56/h23-28H/b9-7-,39-17-,40-18+. The number of hydrogen-bond donors (Lipinski definition) is 0. The van der Waals surface area contributed by atoms with Crippen LogP contribution in [-0.2, 0) is 0 Å². The zero-order chi connectivity index (χ0) is 49.0. The predicted molar refractivity (Wildman–Crippen MR) is 185 cm³/mol. The third-order valence-electron chi connectivity index (χ3n) is 10.9. The van der Waals surface area contributed by atoms with Crippen molar-refractivity contribution in [3.8, 4) is 12.1 Å². The smallest absolute Gasteiger partial charge is 0.239 e. The van der Waals surface area contributed by atoms with Gasteiger partial charge in [-0.25, -0.2) is 98.4 Å². The summed E-state index contributed by atoms with van der Waals surface area (Å²) in [6.07, 6.45) is -22.6. The second-order valence-electron chi connectivity index (χ2n) is 13.7. The van der Waals surface area contributed by atoms with Gasteiger partial charge in [0.15, 0.2) is 70.5 Å². The summed E-state index contributed by atoms with van der Waals surface area (Å²) in [5.41, 5.74) is -36.6. The van der Waals surface area contributed by atoms with Crippen LogP contribution < -0.4 is 0 Å². The van der Waals surface area contributed by atoms with Crippen molar-refractivity contribution in [1.29, 1.82) is 10.5 Å². The van der Waals surface area contributed by atoms with Gasteiger partial charge in [0.1, 0.15) is 54.0 Å². The van der Waals surface area contributed by atoms with Crippen molar-refractivity contribution in [3.05, 3.63) is 188 Å². The number of rotatable bonds is 3. The van der Waals surface area contributed by atoms with Crippen LogP contribution in [0.2, 0.25) is 0 Å². The fourth-order valence-corrected chi connectivity index (χ4v) is 8.16. The van der Waals surface area contributed by atoms with Crippen molar-refractivity contribution >= 4 is 28.3 Å². The van der Waals surface area contributed by atoms with Gasteiger partial charge in [-0.15, -0.1) is 0 Å². The van der Waals surface area contributed by atoms with E-state index in [-0.39, 0.29) is 0 Å². The van der Waals surface area contributed by atoms with E-state index < -0.39 is 208 Å². The van der Waals surface area contributed by atoms with Gasteiger partial charge in [-0.05, 0) is 0 Å². The van der Waals surface area contributed by atoms with E-state index in [1.54, 1.807) is 0 Å². The molecule has 3 aliphatic rings. The average molecular weight is 937 g/mol. The zero-order valence-corrected chi connectivity index (χ0v) is 31.0. The van der Waals surface area contributed by atoms with Gasteiger partial charge in [0.2, 0.25) is 11.4 Å². The first kappa shape index (κ1) is 45.8. The first-order chi connectivity index (χ1) is 31.1. The number of halogens is 18. The van der Waals surface area contributed by atoms with Crippen molar-refractivity contribution < 1.29 is 79.0 Å². The fraction of sp³-hybridized carbons (Fsp3) is 0.143. The first-order valence-electron chi connectivity index (χ1n) is 17.3. The average Bonchev–Trinajstić information content (AvgIpc) is 3.81. The van der Waals surface area contributed by atoms with Crippen LogP contribution in [0.4, 0.5) is 90.4 Å². The Balaban J connectivity index is 1.66. The van der Waals surface area contributed by atoms with E-state index in [4.69, 9.17) is 31.6 Å². The van der Waals surface area contributed by atoms with Gasteiger partial charge < -0.3 is 0 Å².